The molecule has 6 heavy (non-hydrogen) atoms. The zero-order valence-corrected chi connectivity index (χ0v) is 3.26. The van der Waals surface area contributed by atoms with Gasteiger partial charge in [0.1, 0.15) is 0 Å². The number of allylic oxidation sites excluding steroid dienone is 1. The summed E-state index contributed by atoms with van der Waals surface area (Å²) >= 11 is 0. The van der Waals surface area contributed by atoms with E-state index in [1.165, 1.54) is 0 Å². The molecule has 0 unspecified atom stereocenters. The Balaban J connectivity index is 3.30. The molecule has 0 radical (unpaired) electrons. The van der Waals surface area contributed by atoms with Crippen LogP contribution in [0.4, 0.5) is 0 Å². The van der Waals surface area contributed by atoms with Gasteiger partial charge in [-0.05, 0) is 0 Å². The van der Waals surface area contributed by atoms with Crippen molar-refractivity contribution in [2.75, 3.05) is 0 Å². The molecule has 0 aliphatic carbocycles. The third-order valence-corrected chi connectivity index (χ3v) is 0.224. The molecule has 0 amide bonds. The summed E-state index contributed by atoms with van der Waals surface area (Å²) in [5.41, 5.74) is 5.15. The van der Waals surface area contributed by atoms with Crippen LogP contribution in [-0.4, -0.2) is 11.4 Å². The summed E-state index contributed by atoms with van der Waals surface area (Å²) in [5, 5.41) is 10.3. The lowest BCUT2D eigenvalue weighted by atomic mass is 10.6. The lowest BCUT2D eigenvalue weighted by molar-refractivity contribution is 0.321. The number of nitrogens with two attached hydrogens (primary N) is 1. The molecule has 0 aromatic heterocycles. The van der Waals surface area contributed by atoms with Crippen LogP contribution in [0.25, 0.3) is 0 Å². The summed E-state index contributed by atoms with van der Waals surface area (Å²) in [5.74, 6) is 0. The predicted molar refractivity (Wildman–Crippen MR) is 23.6 cm³/mol. The van der Waals surface area contributed by atoms with Crippen molar-refractivity contribution in [2.24, 2.45) is 10.9 Å². The Labute approximate surface area is 35.8 Å². The first-order chi connectivity index (χ1) is 2.77. The van der Waals surface area contributed by atoms with Crippen molar-refractivity contribution in [1.82, 2.24) is 0 Å². The SMILES string of the molecule is C=C(N)C=NO. The van der Waals surface area contributed by atoms with Gasteiger partial charge in [-0.15, -0.1) is 0 Å². The molecule has 0 aromatic carbocycles. The van der Waals surface area contributed by atoms with Crippen molar-refractivity contribution in [3.63, 3.8) is 0 Å². The third kappa shape index (κ3) is 3.01. The van der Waals surface area contributed by atoms with Gasteiger partial charge in [-0.25, -0.2) is 0 Å². The maximum absolute atomic E-state index is 7.67. The van der Waals surface area contributed by atoms with Crippen molar-refractivity contribution in [3.8, 4) is 0 Å². The fourth-order valence-electron chi connectivity index (χ4n) is 0.0742. The Hall–Kier alpha value is -0.990. The van der Waals surface area contributed by atoms with Gasteiger partial charge < -0.3 is 10.9 Å². The van der Waals surface area contributed by atoms with E-state index in [4.69, 9.17) is 10.9 Å². The molecule has 0 heterocycles. The first kappa shape index (κ1) is 5.01. The second-order valence-corrected chi connectivity index (χ2v) is 0.819. The van der Waals surface area contributed by atoms with E-state index in [2.05, 4.69) is 11.7 Å². The number of nitrogens with zero attached hydrogens (tertiary/aromatic N) is 1. The lowest BCUT2D eigenvalue weighted by Gasteiger charge is -1.76. The second-order valence-electron chi connectivity index (χ2n) is 0.819. The molecular weight excluding hydrogens is 80.0 g/mol. The standard InChI is InChI=1S/C3H6N2O/c1-3(4)2-5-6/h2,6H,1,4H2. The summed E-state index contributed by atoms with van der Waals surface area (Å²) in [7, 11) is 0. The summed E-state index contributed by atoms with van der Waals surface area (Å²) in [6.07, 6.45) is 1.06. The Kier molecular flexibility index (Phi) is 1.89. The first-order valence-corrected chi connectivity index (χ1v) is 1.39. The monoisotopic (exact) mass is 86.0 g/mol. The average molecular weight is 86.1 g/mol. The average Bonchev–Trinajstić information content (AvgIpc) is 1.35. The molecule has 34 valence electrons. The van der Waals surface area contributed by atoms with Gasteiger partial charge in [0.2, 0.25) is 0 Å². The molecule has 0 saturated heterocycles. The molecule has 0 fully saturated rings. The summed E-state index contributed by atoms with van der Waals surface area (Å²) < 4.78 is 0. The van der Waals surface area contributed by atoms with Crippen molar-refractivity contribution in [1.29, 1.82) is 0 Å². The van der Waals surface area contributed by atoms with Gasteiger partial charge in [0.15, 0.2) is 0 Å². The summed E-state index contributed by atoms with van der Waals surface area (Å²) in [6.45, 7) is 3.21. The van der Waals surface area contributed by atoms with E-state index in [0.29, 0.717) is 0 Å². The highest BCUT2D eigenvalue weighted by molar-refractivity contribution is 5.75. The number of hydrogen-bond donors (Lipinski definition) is 2. The number of oxime groups is 1. The van der Waals surface area contributed by atoms with Crippen LogP contribution in [-0.2, 0) is 0 Å². The van der Waals surface area contributed by atoms with E-state index in [-0.39, 0.29) is 5.70 Å². The second kappa shape index (κ2) is 2.26. The van der Waals surface area contributed by atoms with E-state index in [9.17, 15) is 0 Å². The van der Waals surface area contributed by atoms with E-state index < -0.39 is 0 Å². The van der Waals surface area contributed by atoms with Crippen LogP contribution in [0.3, 0.4) is 0 Å². The Morgan fingerprint density at radius 1 is 2.00 bits per heavy atom. The van der Waals surface area contributed by atoms with Crippen LogP contribution < -0.4 is 5.73 Å². The van der Waals surface area contributed by atoms with Gasteiger partial charge >= 0.3 is 0 Å². The van der Waals surface area contributed by atoms with E-state index in [1.54, 1.807) is 0 Å². The molecule has 0 saturated carbocycles. The molecule has 0 aromatic rings. The fraction of sp³-hybridized carbons (Fsp3) is 0. The largest absolute Gasteiger partial charge is 0.411 e. The highest BCUT2D eigenvalue weighted by Crippen LogP contribution is 1.62. The Morgan fingerprint density at radius 3 is 2.50 bits per heavy atom. The van der Waals surface area contributed by atoms with Gasteiger partial charge in [0.25, 0.3) is 0 Å². The molecule has 3 N–H and O–H groups in total. The van der Waals surface area contributed by atoms with Gasteiger partial charge in [0, 0.05) is 5.70 Å². The molecule has 0 spiro atoms. The molecular formula is C3H6N2O. The molecule has 0 bridgehead atoms. The van der Waals surface area contributed by atoms with E-state index >= 15 is 0 Å². The molecule has 0 atom stereocenters. The van der Waals surface area contributed by atoms with Crippen LogP contribution in [0.2, 0.25) is 0 Å². The minimum atomic E-state index is 0.248. The summed E-state index contributed by atoms with van der Waals surface area (Å²) in [4.78, 5) is 0. The highest BCUT2D eigenvalue weighted by atomic mass is 16.4. The van der Waals surface area contributed by atoms with Crippen molar-refractivity contribution < 1.29 is 5.21 Å². The topological polar surface area (TPSA) is 58.6 Å². The highest BCUT2D eigenvalue weighted by Gasteiger charge is 1.67. The van der Waals surface area contributed by atoms with Crippen molar-refractivity contribution in [3.05, 3.63) is 12.3 Å². The smallest absolute Gasteiger partial charge is 0.0884 e. The Bertz CT molecular complexity index is 76.9. The molecule has 0 aliphatic rings. The maximum atomic E-state index is 7.67. The van der Waals surface area contributed by atoms with Crippen LogP contribution in [0.15, 0.2) is 17.4 Å². The molecule has 3 heteroatoms. The molecule has 0 aliphatic heterocycles. The van der Waals surface area contributed by atoms with Crippen LogP contribution >= 0.6 is 0 Å². The van der Waals surface area contributed by atoms with E-state index in [0.717, 1.165) is 6.21 Å². The maximum Gasteiger partial charge on any atom is 0.0884 e. The first-order valence-electron chi connectivity index (χ1n) is 1.39. The predicted octanol–water partition coefficient (Wildman–Crippen LogP) is -0.0812. The number of hydrogen-bond acceptors (Lipinski definition) is 3. The van der Waals surface area contributed by atoms with E-state index in [1.807, 2.05) is 0 Å². The molecule has 0 rings (SSSR count). The molecule has 3 nitrogen and oxygen atoms in total. The fourth-order valence-corrected chi connectivity index (χ4v) is 0.0742. The zero-order valence-electron chi connectivity index (χ0n) is 3.26. The van der Waals surface area contributed by atoms with Crippen molar-refractivity contribution in [2.45, 2.75) is 0 Å². The minimum absolute atomic E-state index is 0.248. The van der Waals surface area contributed by atoms with Crippen LogP contribution in [0, 0.1) is 0 Å². The number of rotatable bonds is 1. The summed E-state index contributed by atoms with van der Waals surface area (Å²) in [6, 6.07) is 0. The lowest BCUT2D eigenvalue weighted by Crippen LogP contribution is -1.93. The van der Waals surface area contributed by atoms with Gasteiger partial charge in [-0.3, -0.25) is 0 Å². The van der Waals surface area contributed by atoms with Crippen molar-refractivity contribution >= 4 is 6.21 Å². The van der Waals surface area contributed by atoms with Crippen LogP contribution in [0.1, 0.15) is 0 Å². The minimum Gasteiger partial charge on any atom is -0.411 e. The van der Waals surface area contributed by atoms with Gasteiger partial charge in [-0.1, -0.05) is 11.7 Å². The zero-order chi connectivity index (χ0) is 4.99. The quantitative estimate of drug-likeness (QED) is 0.266. The normalized spacial score (nSPS) is 9.33. The Morgan fingerprint density at radius 2 is 2.50 bits per heavy atom. The van der Waals surface area contributed by atoms with Gasteiger partial charge in [0.05, 0.1) is 6.21 Å². The van der Waals surface area contributed by atoms with Crippen LogP contribution in [0.5, 0.6) is 0 Å². The third-order valence-electron chi connectivity index (χ3n) is 0.224. The van der Waals surface area contributed by atoms with Gasteiger partial charge in [-0.2, -0.15) is 0 Å².